The van der Waals surface area contributed by atoms with Gasteiger partial charge in [-0.25, -0.2) is 9.59 Å². The molecule has 0 aromatic heterocycles. The van der Waals surface area contributed by atoms with Crippen LogP contribution in [0.2, 0.25) is 0 Å². The van der Waals surface area contributed by atoms with E-state index in [0.29, 0.717) is 11.4 Å². The minimum absolute atomic E-state index is 0.227. The summed E-state index contributed by atoms with van der Waals surface area (Å²) in [5.74, 6) is 0. The number of nitrogens with zero attached hydrogens (tertiary/aromatic N) is 1. The Morgan fingerprint density at radius 2 is 1.71 bits per heavy atom. The predicted octanol–water partition coefficient (Wildman–Crippen LogP) is 3.83. The van der Waals surface area contributed by atoms with Gasteiger partial charge in [-0.3, -0.25) is 10.2 Å². The van der Waals surface area contributed by atoms with Gasteiger partial charge in [-0.1, -0.05) is 22.9 Å². The second-order valence-corrected chi connectivity index (χ2v) is 6.25. The molecule has 0 aliphatic rings. The van der Waals surface area contributed by atoms with Crippen LogP contribution in [-0.4, -0.2) is 29.5 Å². The van der Waals surface area contributed by atoms with Crippen molar-refractivity contribution in [3.8, 4) is 0 Å². The lowest BCUT2D eigenvalue weighted by Gasteiger charge is -2.25. The van der Waals surface area contributed by atoms with Gasteiger partial charge in [0.2, 0.25) is 0 Å². The highest BCUT2D eigenvalue weighted by molar-refractivity contribution is 5.94. The van der Waals surface area contributed by atoms with Crippen LogP contribution in [0.1, 0.15) is 40.2 Å². The number of nitrogens with one attached hydrogen (secondary N) is 2. The number of carbonyl (C=O) groups excluding carboxylic acids is 2. The molecule has 2 amide bonds. The normalized spacial score (nSPS) is 11.9. The number of ether oxygens (including phenoxy) is 1. The standard InChI is InChI=1S/C17H25N3O4/c1-11(2)23-16(22)19-17(5,6)13(4)20-24-15(21)18-14-9-7-12(3)8-10-14/h7-11H,1-6H3,(H,18,21)(H,19,22)/b20-13-. The summed E-state index contributed by atoms with van der Waals surface area (Å²) in [5, 5.41) is 9.00. The van der Waals surface area contributed by atoms with E-state index in [2.05, 4.69) is 15.8 Å². The first-order valence-corrected chi connectivity index (χ1v) is 7.68. The Bertz CT molecular complexity index is 607. The van der Waals surface area contributed by atoms with Gasteiger partial charge in [0.05, 0.1) is 17.4 Å². The lowest BCUT2D eigenvalue weighted by Crippen LogP contribution is -2.49. The predicted molar refractivity (Wildman–Crippen MR) is 93.2 cm³/mol. The van der Waals surface area contributed by atoms with Gasteiger partial charge in [0, 0.05) is 5.69 Å². The van der Waals surface area contributed by atoms with E-state index in [-0.39, 0.29) is 6.10 Å². The summed E-state index contributed by atoms with van der Waals surface area (Å²) < 4.78 is 5.03. The topological polar surface area (TPSA) is 89.0 Å². The molecule has 1 aromatic carbocycles. The van der Waals surface area contributed by atoms with Gasteiger partial charge in [0.15, 0.2) is 0 Å². The van der Waals surface area contributed by atoms with Crippen LogP contribution < -0.4 is 10.6 Å². The lowest BCUT2D eigenvalue weighted by molar-refractivity contribution is 0.111. The van der Waals surface area contributed by atoms with Crippen LogP contribution in [0.25, 0.3) is 0 Å². The fraction of sp³-hybridized carbons (Fsp3) is 0.471. The Morgan fingerprint density at radius 3 is 2.25 bits per heavy atom. The molecule has 7 nitrogen and oxygen atoms in total. The SMILES string of the molecule is C/C(=N/OC(=O)Nc1ccc(C)cc1)C(C)(C)NC(=O)OC(C)C. The third-order valence-corrected chi connectivity index (χ3v) is 3.23. The first kappa shape index (κ1) is 19.5. The van der Waals surface area contributed by atoms with E-state index in [4.69, 9.17) is 9.57 Å². The molecule has 1 aromatic rings. The molecule has 0 unspecified atom stereocenters. The summed E-state index contributed by atoms with van der Waals surface area (Å²) in [7, 11) is 0. The number of hydrogen-bond acceptors (Lipinski definition) is 5. The van der Waals surface area contributed by atoms with Gasteiger partial charge in [-0.15, -0.1) is 0 Å². The van der Waals surface area contributed by atoms with Gasteiger partial charge in [-0.2, -0.15) is 0 Å². The van der Waals surface area contributed by atoms with Gasteiger partial charge in [0.25, 0.3) is 0 Å². The quantitative estimate of drug-likeness (QED) is 0.486. The molecule has 0 heterocycles. The number of carbonyl (C=O) groups is 2. The average molecular weight is 335 g/mol. The summed E-state index contributed by atoms with van der Waals surface area (Å²) in [5.41, 5.74) is 1.29. The van der Waals surface area contributed by atoms with Crippen LogP contribution in [0.15, 0.2) is 29.4 Å². The van der Waals surface area contributed by atoms with Gasteiger partial charge in [-0.05, 0) is 53.7 Å². The number of oxime groups is 1. The monoisotopic (exact) mass is 335 g/mol. The number of aryl methyl sites for hydroxylation is 1. The van der Waals surface area contributed by atoms with Crippen molar-refractivity contribution in [3.05, 3.63) is 29.8 Å². The molecule has 24 heavy (non-hydrogen) atoms. The summed E-state index contributed by atoms with van der Waals surface area (Å²) in [4.78, 5) is 28.2. The molecule has 0 bridgehead atoms. The van der Waals surface area contributed by atoms with Crippen molar-refractivity contribution in [2.45, 2.75) is 53.2 Å². The molecular weight excluding hydrogens is 310 g/mol. The van der Waals surface area contributed by atoms with Crippen LogP contribution in [0.4, 0.5) is 15.3 Å². The maximum absolute atomic E-state index is 11.7. The molecule has 0 radical (unpaired) electrons. The second kappa shape index (κ2) is 8.33. The van der Waals surface area contributed by atoms with E-state index in [1.165, 1.54) is 0 Å². The van der Waals surface area contributed by atoms with Crippen molar-refractivity contribution in [2.24, 2.45) is 5.16 Å². The van der Waals surface area contributed by atoms with Crippen LogP contribution in [0, 0.1) is 6.92 Å². The average Bonchev–Trinajstić information content (AvgIpc) is 2.45. The molecule has 0 saturated heterocycles. The lowest BCUT2D eigenvalue weighted by atomic mass is 10.0. The first-order chi connectivity index (χ1) is 11.1. The van der Waals surface area contributed by atoms with Gasteiger partial charge >= 0.3 is 12.2 Å². The number of hydrogen-bond donors (Lipinski definition) is 2. The van der Waals surface area contributed by atoms with Crippen LogP contribution in [-0.2, 0) is 9.57 Å². The number of alkyl carbamates (subject to hydrolysis) is 1. The van der Waals surface area contributed by atoms with Crippen molar-refractivity contribution < 1.29 is 19.2 Å². The van der Waals surface area contributed by atoms with E-state index in [9.17, 15) is 9.59 Å². The Hall–Kier alpha value is -2.57. The van der Waals surface area contributed by atoms with Gasteiger partial charge in [0.1, 0.15) is 0 Å². The molecule has 0 aliphatic carbocycles. The third-order valence-electron chi connectivity index (χ3n) is 3.23. The summed E-state index contributed by atoms with van der Waals surface area (Å²) in [6.45, 7) is 10.6. The number of anilines is 1. The number of rotatable bonds is 5. The molecule has 0 atom stereocenters. The van der Waals surface area contributed by atoms with E-state index < -0.39 is 17.7 Å². The molecule has 132 valence electrons. The zero-order valence-electron chi connectivity index (χ0n) is 15.0. The van der Waals surface area contributed by atoms with E-state index in [1.807, 2.05) is 19.1 Å². The summed E-state index contributed by atoms with van der Waals surface area (Å²) in [6.07, 6.45) is -1.50. The second-order valence-electron chi connectivity index (χ2n) is 6.25. The molecule has 1 rings (SSSR count). The largest absolute Gasteiger partial charge is 0.447 e. The molecule has 7 heteroatoms. The highest BCUT2D eigenvalue weighted by Gasteiger charge is 2.26. The summed E-state index contributed by atoms with van der Waals surface area (Å²) in [6, 6.07) is 7.27. The minimum atomic E-state index is -0.823. The Kier molecular flexibility index (Phi) is 6.76. The van der Waals surface area contributed by atoms with Crippen molar-refractivity contribution in [1.82, 2.24) is 5.32 Å². The van der Waals surface area contributed by atoms with Crippen molar-refractivity contribution in [2.75, 3.05) is 5.32 Å². The smallest absolute Gasteiger partial charge is 0.437 e. The highest BCUT2D eigenvalue weighted by atomic mass is 16.7. The van der Waals surface area contributed by atoms with Crippen LogP contribution in [0.5, 0.6) is 0 Å². The number of amides is 2. The Labute approximate surface area is 142 Å². The Morgan fingerprint density at radius 1 is 1.12 bits per heavy atom. The van der Waals surface area contributed by atoms with Gasteiger partial charge < -0.3 is 10.1 Å². The molecule has 0 aliphatic heterocycles. The zero-order valence-corrected chi connectivity index (χ0v) is 15.0. The molecule has 0 fully saturated rings. The summed E-state index contributed by atoms with van der Waals surface area (Å²) >= 11 is 0. The molecule has 0 saturated carbocycles. The van der Waals surface area contributed by atoms with Crippen molar-refractivity contribution >= 4 is 23.6 Å². The fourth-order valence-electron chi connectivity index (χ4n) is 1.59. The molecular formula is C17H25N3O4. The maximum atomic E-state index is 11.7. The van der Waals surface area contributed by atoms with Crippen LogP contribution >= 0.6 is 0 Å². The van der Waals surface area contributed by atoms with Crippen molar-refractivity contribution in [3.63, 3.8) is 0 Å². The fourth-order valence-corrected chi connectivity index (χ4v) is 1.59. The molecule has 0 spiro atoms. The minimum Gasteiger partial charge on any atom is -0.447 e. The third kappa shape index (κ3) is 6.68. The maximum Gasteiger partial charge on any atom is 0.437 e. The zero-order chi connectivity index (χ0) is 18.3. The van der Waals surface area contributed by atoms with E-state index in [0.717, 1.165) is 5.56 Å². The van der Waals surface area contributed by atoms with E-state index in [1.54, 1.807) is 46.8 Å². The Balaban J connectivity index is 2.59. The first-order valence-electron chi connectivity index (χ1n) is 7.68. The van der Waals surface area contributed by atoms with Crippen molar-refractivity contribution in [1.29, 1.82) is 0 Å². The highest BCUT2D eigenvalue weighted by Crippen LogP contribution is 2.10. The molecule has 2 N–H and O–H groups in total. The van der Waals surface area contributed by atoms with E-state index >= 15 is 0 Å². The number of benzene rings is 1. The van der Waals surface area contributed by atoms with Crippen LogP contribution in [0.3, 0.4) is 0 Å².